The van der Waals surface area contributed by atoms with Crippen LogP contribution in [0.2, 0.25) is 0 Å². The second kappa shape index (κ2) is 8.40. The molecule has 26 heavy (non-hydrogen) atoms. The van der Waals surface area contributed by atoms with Gasteiger partial charge in [-0.15, -0.1) is 11.8 Å². The Morgan fingerprint density at radius 3 is 2.46 bits per heavy atom. The molecule has 1 saturated heterocycles. The van der Waals surface area contributed by atoms with E-state index in [1.54, 1.807) is 18.0 Å². The molecule has 0 atom stereocenters. The third kappa shape index (κ3) is 4.27. The summed E-state index contributed by atoms with van der Waals surface area (Å²) in [5.41, 5.74) is 1.24. The Hall–Kier alpha value is -2.28. The largest absolute Gasteiger partial charge is 0.361 e. The molecule has 0 saturated carbocycles. The van der Waals surface area contributed by atoms with Crippen molar-refractivity contribution in [2.24, 2.45) is 0 Å². The number of nitrogens with one attached hydrogen (secondary N) is 1. The Bertz CT molecular complexity index is 757. The third-order valence-corrected chi connectivity index (χ3v) is 5.16. The molecule has 1 aromatic heterocycles. The maximum Gasteiger partial charge on any atom is 0.255 e. The monoisotopic (exact) mass is 371 g/mol. The number of benzene rings is 1. The molecule has 1 N–H and O–H groups in total. The molecule has 1 fully saturated rings. The van der Waals surface area contributed by atoms with Crippen molar-refractivity contribution in [3.63, 3.8) is 0 Å². The fourth-order valence-electron chi connectivity index (χ4n) is 2.98. The van der Waals surface area contributed by atoms with Gasteiger partial charge < -0.3 is 15.1 Å². The number of hydrogen-bond acceptors (Lipinski definition) is 6. The first-order chi connectivity index (χ1) is 12.6. The van der Waals surface area contributed by atoms with Gasteiger partial charge in [0.25, 0.3) is 5.91 Å². The number of hydrogen-bond donors (Lipinski definition) is 1. The highest BCUT2D eigenvalue weighted by atomic mass is 32.2. The fourth-order valence-corrected chi connectivity index (χ4v) is 3.38. The predicted octanol–water partition coefficient (Wildman–Crippen LogP) is 3.51. The summed E-state index contributed by atoms with van der Waals surface area (Å²) in [5, 5.41) is 2.94. The van der Waals surface area contributed by atoms with E-state index >= 15 is 0 Å². The van der Waals surface area contributed by atoms with E-state index in [1.165, 1.54) is 19.3 Å². The lowest BCUT2D eigenvalue weighted by molar-refractivity contribution is 0.102. The van der Waals surface area contributed by atoms with Gasteiger partial charge in [0.2, 0.25) is 5.95 Å². The molecule has 0 spiro atoms. The van der Waals surface area contributed by atoms with Crippen LogP contribution >= 0.6 is 11.8 Å². The van der Waals surface area contributed by atoms with Crippen molar-refractivity contribution in [2.45, 2.75) is 24.2 Å². The van der Waals surface area contributed by atoms with Crippen LogP contribution in [0, 0.1) is 0 Å². The van der Waals surface area contributed by atoms with E-state index in [1.807, 2.05) is 49.5 Å². The molecule has 1 amide bonds. The minimum atomic E-state index is -0.157. The summed E-state index contributed by atoms with van der Waals surface area (Å²) >= 11 is 1.65. The SMILES string of the molecule is CSc1ccc(C(=O)Nc2cnc(N3CCCCC3)nc2N(C)C)cc1. The van der Waals surface area contributed by atoms with Crippen molar-refractivity contribution in [1.82, 2.24) is 9.97 Å². The van der Waals surface area contributed by atoms with Crippen molar-refractivity contribution in [1.29, 1.82) is 0 Å². The number of amides is 1. The van der Waals surface area contributed by atoms with Gasteiger partial charge >= 0.3 is 0 Å². The summed E-state index contributed by atoms with van der Waals surface area (Å²) in [5.74, 6) is 1.29. The molecule has 1 aromatic carbocycles. The highest BCUT2D eigenvalue weighted by Crippen LogP contribution is 2.26. The molecule has 138 valence electrons. The number of aromatic nitrogens is 2. The van der Waals surface area contributed by atoms with Crippen LogP contribution in [-0.4, -0.2) is 49.3 Å². The first-order valence-corrected chi connectivity index (χ1v) is 10.1. The van der Waals surface area contributed by atoms with Crippen molar-refractivity contribution < 1.29 is 4.79 Å². The molecule has 0 unspecified atom stereocenters. The molecule has 0 radical (unpaired) electrons. The number of nitrogens with zero attached hydrogens (tertiary/aromatic N) is 4. The lowest BCUT2D eigenvalue weighted by Crippen LogP contribution is -2.31. The second-order valence-corrected chi connectivity index (χ2v) is 7.41. The number of anilines is 3. The van der Waals surface area contributed by atoms with Crippen LogP contribution in [-0.2, 0) is 0 Å². The van der Waals surface area contributed by atoms with Gasteiger partial charge in [-0.05, 0) is 49.8 Å². The predicted molar refractivity (Wildman–Crippen MR) is 109 cm³/mol. The highest BCUT2D eigenvalue weighted by Gasteiger charge is 2.18. The summed E-state index contributed by atoms with van der Waals surface area (Å²) in [6, 6.07) is 7.56. The summed E-state index contributed by atoms with van der Waals surface area (Å²) in [7, 11) is 3.84. The van der Waals surface area contributed by atoms with Gasteiger partial charge in [0.1, 0.15) is 5.69 Å². The van der Waals surface area contributed by atoms with Crippen LogP contribution in [0.4, 0.5) is 17.5 Å². The van der Waals surface area contributed by atoms with Gasteiger partial charge in [0.15, 0.2) is 5.82 Å². The molecule has 2 heterocycles. The van der Waals surface area contributed by atoms with Gasteiger partial charge in [-0.3, -0.25) is 4.79 Å². The summed E-state index contributed by atoms with van der Waals surface area (Å²) in [6.07, 6.45) is 7.33. The average Bonchev–Trinajstić information content (AvgIpc) is 2.68. The molecule has 1 aliphatic heterocycles. The number of carbonyl (C=O) groups excluding carboxylic acids is 1. The quantitative estimate of drug-likeness (QED) is 0.812. The Morgan fingerprint density at radius 2 is 1.85 bits per heavy atom. The Kier molecular flexibility index (Phi) is 5.98. The van der Waals surface area contributed by atoms with Gasteiger partial charge in [-0.25, -0.2) is 4.98 Å². The minimum absolute atomic E-state index is 0.157. The maximum absolute atomic E-state index is 12.6. The first-order valence-electron chi connectivity index (χ1n) is 8.83. The van der Waals surface area contributed by atoms with Gasteiger partial charge in [-0.2, -0.15) is 4.98 Å². The van der Waals surface area contributed by atoms with Gasteiger partial charge in [0, 0.05) is 37.6 Å². The van der Waals surface area contributed by atoms with Crippen LogP contribution in [0.25, 0.3) is 0 Å². The normalized spacial score (nSPS) is 14.2. The Labute approximate surface area is 159 Å². The number of piperidine rings is 1. The zero-order valence-corrected chi connectivity index (χ0v) is 16.3. The minimum Gasteiger partial charge on any atom is -0.361 e. The zero-order valence-electron chi connectivity index (χ0n) is 15.5. The van der Waals surface area contributed by atoms with Gasteiger partial charge in [0.05, 0.1) is 6.20 Å². The van der Waals surface area contributed by atoms with Crippen LogP contribution < -0.4 is 15.1 Å². The third-order valence-electron chi connectivity index (χ3n) is 4.42. The van der Waals surface area contributed by atoms with Crippen LogP contribution in [0.3, 0.4) is 0 Å². The average molecular weight is 372 g/mol. The molecule has 0 bridgehead atoms. The number of thioether (sulfide) groups is 1. The molecular weight excluding hydrogens is 346 g/mol. The summed E-state index contributed by atoms with van der Waals surface area (Å²) < 4.78 is 0. The van der Waals surface area contributed by atoms with Crippen LogP contribution in [0.1, 0.15) is 29.6 Å². The van der Waals surface area contributed by atoms with E-state index in [-0.39, 0.29) is 5.91 Å². The van der Waals surface area contributed by atoms with E-state index in [0.29, 0.717) is 11.3 Å². The maximum atomic E-state index is 12.6. The standard InChI is InChI=1S/C19H25N5OS/c1-23(2)17-16(13-20-19(22-17)24-11-5-4-6-12-24)21-18(25)14-7-9-15(26-3)10-8-14/h7-10,13H,4-6,11-12H2,1-3H3,(H,21,25). The van der Waals surface area contributed by atoms with Crippen LogP contribution in [0.15, 0.2) is 35.4 Å². The zero-order chi connectivity index (χ0) is 18.5. The number of rotatable bonds is 5. The summed E-state index contributed by atoms with van der Waals surface area (Å²) in [6.45, 7) is 1.97. The first kappa shape index (κ1) is 18.5. The molecule has 3 rings (SSSR count). The highest BCUT2D eigenvalue weighted by molar-refractivity contribution is 7.98. The Balaban J connectivity index is 1.80. The molecule has 1 aliphatic rings. The smallest absolute Gasteiger partial charge is 0.255 e. The molecule has 6 nitrogen and oxygen atoms in total. The van der Waals surface area contributed by atoms with E-state index in [4.69, 9.17) is 4.98 Å². The number of carbonyl (C=O) groups is 1. The van der Waals surface area contributed by atoms with Crippen LogP contribution in [0.5, 0.6) is 0 Å². The van der Waals surface area contributed by atoms with Crippen molar-refractivity contribution >= 4 is 35.1 Å². The molecule has 7 heteroatoms. The molecule has 2 aromatic rings. The lowest BCUT2D eigenvalue weighted by atomic mass is 10.1. The van der Waals surface area contributed by atoms with Crippen molar-refractivity contribution in [3.8, 4) is 0 Å². The molecular formula is C19H25N5OS. The van der Waals surface area contributed by atoms with Gasteiger partial charge in [-0.1, -0.05) is 0 Å². The van der Waals surface area contributed by atoms with E-state index < -0.39 is 0 Å². The van der Waals surface area contributed by atoms with E-state index in [0.717, 1.165) is 29.8 Å². The van der Waals surface area contributed by atoms with Crippen molar-refractivity contribution in [2.75, 3.05) is 48.6 Å². The topological polar surface area (TPSA) is 61.4 Å². The summed E-state index contributed by atoms with van der Waals surface area (Å²) in [4.78, 5) is 27.0. The second-order valence-electron chi connectivity index (χ2n) is 6.53. The fraction of sp³-hybridized carbons (Fsp3) is 0.421. The van der Waals surface area contributed by atoms with Crippen molar-refractivity contribution in [3.05, 3.63) is 36.0 Å². The lowest BCUT2D eigenvalue weighted by Gasteiger charge is -2.28. The molecule has 0 aliphatic carbocycles. The van der Waals surface area contributed by atoms with E-state index in [2.05, 4.69) is 15.2 Å². The Morgan fingerprint density at radius 1 is 1.15 bits per heavy atom. The van der Waals surface area contributed by atoms with E-state index in [9.17, 15) is 4.79 Å².